The lowest BCUT2D eigenvalue weighted by atomic mass is 10.2. The first kappa shape index (κ1) is 14.2. The summed E-state index contributed by atoms with van der Waals surface area (Å²) >= 11 is 0. The van der Waals surface area contributed by atoms with E-state index in [0.717, 1.165) is 25.9 Å². The second kappa shape index (κ2) is 5.66. The molecule has 1 amide bonds. The molecule has 17 heavy (non-hydrogen) atoms. The van der Waals surface area contributed by atoms with Crippen LogP contribution >= 0.6 is 0 Å². The quantitative estimate of drug-likeness (QED) is 0.756. The summed E-state index contributed by atoms with van der Waals surface area (Å²) in [6, 6.07) is -0.0302. The van der Waals surface area contributed by atoms with Crippen molar-refractivity contribution >= 4 is 5.91 Å². The van der Waals surface area contributed by atoms with Crippen molar-refractivity contribution < 1.29 is 22.4 Å². The van der Waals surface area contributed by atoms with Gasteiger partial charge in [0.25, 0.3) is 5.91 Å². The van der Waals surface area contributed by atoms with Crippen LogP contribution < -0.4 is 5.32 Å². The Morgan fingerprint density at radius 2 is 2.18 bits per heavy atom. The number of hydrogen-bond donors (Lipinski definition) is 1. The van der Waals surface area contributed by atoms with E-state index in [1.165, 1.54) is 0 Å². The fraction of sp³-hybridized carbons (Fsp3) is 0.900. The first-order valence-corrected chi connectivity index (χ1v) is 5.58. The predicted octanol–water partition coefficient (Wildman–Crippen LogP) is 1.49. The molecule has 3 nitrogen and oxygen atoms in total. The van der Waals surface area contributed by atoms with Crippen molar-refractivity contribution in [2.75, 3.05) is 19.6 Å². The third-order valence-corrected chi connectivity index (χ3v) is 2.98. The molecule has 1 saturated heterocycles. The molecular formula is C10H16F4N2O. The highest BCUT2D eigenvalue weighted by Gasteiger charge is 2.48. The van der Waals surface area contributed by atoms with Crippen LogP contribution in [0.15, 0.2) is 0 Å². The van der Waals surface area contributed by atoms with Crippen LogP contribution in [0.2, 0.25) is 0 Å². The Balaban J connectivity index is 2.43. The van der Waals surface area contributed by atoms with E-state index in [0.29, 0.717) is 0 Å². The first-order valence-electron chi connectivity index (χ1n) is 5.58. The van der Waals surface area contributed by atoms with Crippen molar-refractivity contribution in [2.24, 2.45) is 0 Å². The van der Waals surface area contributed by atoms with Crippen LogP contribution in [0.3, 0.4) is 0 Å². The lowest BCUT2D eigenvalue weighted by Gasteiger charge is -2.24. The van der Waals surface area contributed by atoms with Gasteiger partial charge in [-0.15, -0.1) is 0 Å². The first-order chi connectivity index (χ1) is 7.89. The van der Waals surface area contributed by atoms with Gasteiger partial charge in [0.2, 0.25) is 0 Å². The molecule has 1 heterocycles. The SMILES string of the molecule is CCN1CCCC1CNC(=O)C(F)(F)C(F)F. The normalized spacial score (nSPS) is 22.1. The largest absolute Gasteiger partial charge is 0.383 e. The van der Waals surface area contributed by atoms with Gasteiger partial charge in [0.05, 0.1) is 0 Å². The van der Waals surface area contributed by atoms with Crippen molar-refractivity contribution in [1.29, 1.82) is 0 Å². The van der Waals surface area contributed by atoms with Crippen molar-refractivity contribution in [2.45, 2.75) is 38.2 Å². The Morgan fingerprint density at radius 3 is 2.71 bits per heavy atom. The number of halogens is 4. The van der Waals surface area contributed by atoms with Gasteiger partial charge in [-0.2, -0.15) is 8.78 Å². The lowest BCUT2D eigenvalue weighted by Crippen LogP contribution is -2.49. The molecule has 0 aromatic carbocycles. The molecule has 1 fully saturated rings. The lowest BCUT2D eigenvalue weighted by molar-refractivity contribution is -0.169. The standard InChI is InChI=1S/C10H16F4N2O/c1-2-16-5-3-4-7(16)6-15-9(17)10(13,14)8(11)12/h7-8H,2-6H2,1H3,(H,15,17). The maximum Gasteiger partial charge on any atom is 0.383 e. The number of rotatable bonds is 5. The van der Waals surface area contributed by atoms with E-state index in [1.54, 1.807) is 0 Å². The average molecular weight is 256 g/mol. The molecule has 7 heteroatoms. The third-order valence-electron chi connectivity index (χ3n) is 2.98. The molecule has 0 bridgehead atoms. The number of hydrogen-bond acceptors (Lipinski definition) is 2. The molecule has 1 unspecified atom stereocenters. The molecule has 1 aliphatic rings. The van der Waals surface area contributed by atoms with Gasteiger partial charge in [-0.1, -0.05) is 6.92 Å². The maximum absolute atomic E-state index is 12.6. The third kappa shape index (κ3) is 3.31. The van der Waals surface area contributed by atoms with E-state index < -0.39 is 18.3 Å². The minimum atomic E-state index is -4.60. The highest BCUT2D eigenvalue weighted by atomic mass is 19.3. The molecule has 1 rings (SSSR count). The predicted molar refractivity (Wildman–Crippen MR) is 54.2 cm³/mol. The molecule has 1 atom stereocenters. The zero-order chi connectivity index (χ0) is 13.1. The van der Waals surface area contributed by atoms with E-state index in [9.17, 15) is 22.4 Å². The number of carbonyl (C=O) groups is 1. The number of nitrogens with zero attached hydrogens (tertiary/aromatic N) is 1. The van der Waals surface area contributed by atoms with Gasteiger partial charge in [-0.3, -0.25) is 9.69 Å². The number of nitrogens with one attached hydrogen (secondary N) is 1. The van der Waals surface area contributed by atoms with Crippen LogP contribution in [0.5, 0.6) is 0 Å². The Kier molecular flexibility index (Phi) is 4.73. The van der Waals surface area contributed by atoms with Crippen molar-refractivity contribution in [1.82, 2.24) is 10.2 Å². The second-order valence-corrected chi connectivity index (χ2v) is 4.06. The Bertz CT molecular complexity index is 273. The molecular weight excluding hydrogens is 240 g/mol. The summed E-state index contributed by atoms with van der Waals surface area (Å²) in [5.41, 5.74) is 0. The van der Waals surface area contributed by atoms with Crippen LogP contribution in [0, 0.1) is 0 Å². The molecule has 0 aromatic heterocycles. The molecule has 0 aromatic rings. The molecule has 100 valence electrons. The maximum atomic E-state index is 12.6. The van der Waals surface area contributed by atoms with E-state index in [2.05, 4.69) is 0 Å². The van der Waals surface area contributed by atoms with Crippen molar-refractivity contribution in [3.63, 3.8) is 0 Å². The highest BCUT2D eigenvalue weighted by Crippen LogP contribution is 2.23. The Labute approximate surface area is 97.2 Å². The summed E-state index contributed by atoms with van der Waals surface area (Å²) in [5.74, 6) is -6.49. The minimum absolute atomic E-state index is 0.00498. The summed E-state index contributed by atoms with van der Waals surface area (Å²) in [5, 5.41) is 1.90. The van der Waals surface area contributed by atoms with Crippen LogP contribution in [0.1, 0.15) is 19.8 Å². The van der Waals surface area contributed by atoms with Crippen LogP contribution in [-0.4, -0.2) is 48.8 Å². The number of likely N-dealkylation sites (tertiary alicyclic amines) is 1. The number of alkyl halides is 4. The van der Waals surface area contributed by atoms with Crippen molar-refractivity contribution in [3.8, 4) is 0 Å². The Hall–Kier alpha value is -0.850. The molecule has 0 aliphatic carbocycles. The van der Waals surface area contributed by atoms with Gasteiger partial charge < -0.3 is 5.32 Å². The monoisotopic (exact) mass is 256 g/mol. The van der Waals surface area contributed by atoms with Gasteiger partial charge in [-0.05, 0) is 25.9 Å². The number of likely N-dealkylation sites (N-methyl/N-ethyl adjacent to an activating group) is 1. The number of carbonyl (C=O) groups excluding carboxylic acids is 1. The summed E-state index contributed by atoms with van der Waals surface area (Å²) in [6.07, 6.45) is -2.25. The highest BCUT2D eigenvalue weighted by molar-refractivity contribution is 5.83. The molecule has 1 aliphatic heterocycles. The zero-order valence-electron chi connectivity index (χ0n) is 9.56. The van der Waals surface area contributed by atoms with Crippen LogP contribution in [0.25, 0.3) is 0 Å². The summed E-state index contributed by atoms with van der Waals surface area (Å²) < 4.78 is 49.0. The average Bonchev–Trinajstić information content (AvgIpc) is 2.72. The van der Waals surface area contributed by atoms with E-state index in [4.69, 9.17) is 0 Å². The summed E-state index contributed by atoms with van der Waals surface area (Å²) in [4.78, 5) is 12.9. The van der Waals surface area contributed by atoms with Gasteiger partial charge in [-0.25, -0.2) is 8.78 Å². The van der Waals surface area contributed by atoms with Crippen LogP contribution in [-0.2, 0) is 4.79 Å². The zero-order valence-corrected chi connectivity index (χ0v) is 9.56. The second-order valence-electron chi connectivity index (χ2n) is 4.06. The minimum Gasteiger partial charge on any atom is -0.349 e. The topological polar surface area (TPSA) is 32.3 Å². The van der Waals surface area contributed by atoms with E-state index in [-0.39, 0.29) is 12.6 Å². The van der Waals surface area contributed by atoms with Crippen LogP contribution in [0.4, 0.5) is 17.6 Å². The fourth-order valence-corrected chi connectivity index (χ4v) is 1.97. The number of amides is 1. The van der Waals surface area contributed by atoms with E-state index >= 15 is 0 Å². The molecule has 0 spiro atoms. The summed E-state index contributed by atoms with van der Waals surface area (Å²) in [7, 11) is 0. The molecule has 0 saturated carbocycles. The van der Waals surface area contributed by atoms with E-state index in [1.807, 2.05) is 17.1 Å². The van der Waals surface area contributed by atoms with Gasteiger partial charge in [0.1, 0.15) is 0 Å². The summed E-state index contributed by atoms with van der Waals surface area (Å²) in [6.45, 7) is 3.52. The van der Waals surface area contributed by atoms with Gasteiger partial charge in [0.15, 0.2) is 0 Å². The molecule has 1 N–H and O–H groups in total. The smallest absolute Gasteiger partial charge is 0.349 e. The van der Waals surface area contributed by atoms with Gasteiger partial charge >= 0.3 is 12.3 Å². The molecule has 0 radical (unpaired) electrons. The van der Waals surface area contributed by atoms with Crippen molar-refractivity contribution in [3.05, 3.63) is 0 Å². The Morgan fingerprint density at radius 1 is 1.53 bits per heavy atom. The fourth-order valence-electron chi connectivity index (χ4n) is 1.97. The van der Waals surface area contributed by atoms with Gasteiger partial charge in [0, 0.05) is 12.6 Å².